The number of amides is 1. The Bertz CT molecular complexity index is 909. The van der Waals surface area contributed by atoms with Crippen LogP contribution in [0.2, 0.25) is 0 Å². The molecule has 0 spiro atoms. The lowest BCUT2D eigenvalue weighted by Crippen LogP contribution is -2.32. The van der Waals surface area contributed by atoms with E-state index in [0.717, 1.165) is 21.9 Å². The molecule has 0 unspecified atom stereocenters. The molecule has 3 rings (SSSR count). The molecule has 1 atom stereocenters. The molecule has 1 amide bonds. The zero-order valence-corrected chi connectivity index (χ0v) is 16.2. The maximum absolute atomic E-state index is 12.5. The summed E-state index contributed by atoms with van der Waals surface area (Å²) in [5.41, 5.74) is 1.99. The number of methoxy groups -OCH3 is 1. The first-order chi connectivity index (χ1) is 13.1. The summed E-state index contributed by atoms with van der Waals surface area (Å²) in [7, 11) is 1.62. The fourth-order valence-electron chi connectivity index (χ4n) is 2.49. The van der Waals surface area contributed by atoms with Crippen LogP contribution in [0.1, 0.15) is 18.9 Å². The highest BCUT2D eigenvalue weighted by Gasteiger charge is 2.20. The first kappa shape index (κ1) is 18.8. The average Bonchev–Trinajstić information content (AvgIpc) is 3.14. The molecule has 140 valence electrons. The van der Waals surface area contributed by atoms with Gasteiger partial charge < -0.3 is 9.47 Å². The molecule has 1 aromatic heterocycles. The summed E-state index contributed by atoms with van der Waals surface area (Å²) in [5, 5.41) is 12.2. The van der Waals surface area contributed by atoms with Crippen LogP contribution in [0.25, 0.3) is 10.6 Å². The van der Waals surface area contributed by atoms with Gasteiger partial charge in [-0.3, -0.25) is 10.1 Å². The van der Waals surface area contributed by atoms with Gasteiger partial charge >= 0.3 is 0 Å². The van der Waals surface area contributed by atoms with Gasteiger partial charge in [-0.05, 0) is 55.3 Å². The molecule has 2 aromatic carbocycles. The second-order valence-electron chi connectivity index (χ2n) is 5.96. The number of benzene rings is 2. The van der Waals surface area contributed by atoms with Crippen molar-refractivity contribution >= 4 is 22.4 Å². The Labute approximate surface area is 162 Å². The van der Waals surface area contributed by atoms with Crippen LogP contribution >= 0.6 is 11.3 Å². The Balaban J connectivity index is 1.66. The molecule has 0 saturated heterocycles. The third-order valence-electron chi connectivity index (χ3n) is 3.92. The smallest absolute Gasteiger partial charge is 0.267 e. The molecular formula is C20H21N3O3S. The summed E-state index contributed by atoms with van der Waals surface area (Å²) in [4.78, 5) is 12.5. The van der Waals surface area contributed by atoms with E-state index < -0.39 is 6.10 Å². The van der Waals surface area contributed by atoms with Crippen molar-refractivity contribution in [2.75, 3.05) is 12.4 Å². The Kier molecular flexibility index (Phi) is 6.03. The fourth-order valence-corrected chi connectivity index (χ4v) is 3.24. The SMILES string of the molecule is CC[C@@H](Oc1cccc(C)c1)C(=O)Nc1nnc(-c2ccc(OC)cc2)s1. The lowest BCUT2D eigenvalue weighted by Gasteiger charge is -2.16. The van der Waals surface area contributed by atoms with E-state index in [1.165, 1.54) is 11.3 Å². The highest BCUT2D eigenvalue weighted by atomic mass is 32.1. The molecule has 6 nitrogen and oxygen atoms in total. The van der Waals surface area contributed by atoms with Crippen LogP contribution in [0.4, 0.5) is 5.13 Å². The third kappa shape index (κ3) is 4.83. The van der Waals surface area contributed by atoms with E-state index >= 15 is 0 Å². The molecular weight excluding hydrogens is 362 g/mol. The highest BCUT2D eigenvalue weighted by Crippen LogP contribution is 2.28. The molecule has 0 aliphatic carbocycles. The van der Waals surface area contributed by atoms with E-state index in [2.05, 4.69) is 15.5 Å². The lowest BCUT2D eigenvalue weighted by molar-refractivity contribution is -0.122. The van der Waals surface area contributed by atoms with Crippen LogP contribution < -0.4 is 14.8 Å². The van der Waals surface area contributed by atoms with Crippen molar-refractivity contribution in [3.8, 4) is 22.1 Å². The molecule has 1 N–H and O–H groups in total. The maximum Gasteiger partial charge on any atom is 0.267 e. The first-order valence-corrected chi connectivity index (χ1v) is 9.43. The number of nitrogens with zero attached hydrogens (tertiary/aromatic N) is 2. The van der Waals surface area contributed by atoms with Gasteiger partial charge in [0.15, 0.2) is 6.10 Å². The van der Waals surface area contributed by atoms with E-state index in [9.17, 15) is 4.79 Å². The van der Waals surface area contributed by atoms with Gasteiger partial charge in [0.1, 0.15) is 16.5 Å². The van der Waals surface area contributed by atoms with Gasteiger partial charge in [-0.1, -0.05) is 30.4 Å². The fraction of sp³-hybridized carbons (Fsp3) is 0.250. The second-order valence-corrected chi connectivity index (χ2v) is 6.94. The summed E-state index contributed by atoms with van der Waals surface area (Å²) in [6.07, 6.45) is -0.0515. The third-order valence-corrected chi connectivity index (χ3v) is 4.81. The first-order valence-electron chi connectivity index (χ1n) is 8.61. The molecule has 1 heterocycles. The number of hydrogen-bond acceptors (Lipinski definition) is 6. The van der Waals surface area contributed by atoms with Crippen LogP contribution in [0.15, 0.2) is 48.5 Å². The number of hydrogen-bond donors (Lipinski definition) is 1. The van der Waals surface area contributed by atoms with E-state index in [1.807, 2.05) is 62.4 Å². The number of aromatic nitrogens is 2. The van der Waals surface area contributed by atoms with Gasteiger partial charge in [0.2, 0.25) is 5.13 Å². The van der Waals surface area contributed by atoms with Gasteiger partial charge in [-0.15, -0.1) is 10.2 Å². The van der Waals surface area contributed by atoms with Gasteiger partial charge in [-0.2, -0.15) is 0 Å². The van der Waals surface area contributed by atoms with Crippen LogP contribution in [0.5, 0.6) is 11.5 Å². The summed E-state index contributed by atoms with van der Waals surface area (Å²) in [6.45, 7) is 3.89. The quantitative estimate of drug-likeness (QED) is 0.658. The molecule has 0 radical (unpaired) electrons. The minimum absolute atomic E-state index is 0.239. The lowest BCUT2D eigenvalue weighted by atomic mass is 10.2. The van der Waals surface area contributed by atoms with Gasteiger partial charge in [0.05, 0.1) is 7.11 Å². The highest BCUT2D eigenvalue weighted by molar-refractivity contribution is 7.18. The maximum atomic E-state index is 12.5. The Morgan fingerprint density at radius 3 is 2.59 bits per heavy atom. The van der Waals surface area contributed by atoms with Gasteiger partial charge in [-0.25, -0.2) is 0 Å². The molecule has 7 heteroatoms. The average molecular weight is 383 g/mol. The number of nitrogens with one attached hydrogen (secondary N) is 1. The van der Waals surface area contributed by atoms with E-state index in [1.54, 1.807) is 7.11 Å². The number of carbonyl (C=O) groups is 1. The molecule has 3 aromatic rings. The van der Waals surface area contributed by atoms with Crippen molar-refractivity contribution in [2.24, 2.45) is 0 Å². The van der Waals surface area contributed by atoms with E-state index in [0.29, 0.717) is 17.3 Å². The predicted molar refractivity (Wildman–Crippen MR) is 106 cm³/mol. The zero-order valence-electron chi connectivity index (χ0n) is 15.4. The number of carbonyl (C=O) groups excluding carboxylic acids is 1. The van der Waals surface area contributed by atoms with Crippen LogP contribution in [0, 0.1) is 6.92 Å². The monoisotopic (exact) mass is 383 g/mol. The van der Waals surface area contributed by atoms with Crippen molar-refractivity contribution in [1.29, 1.82) is 0 Å². The van der Waals surface area contributed by atoms with Crippen molar-refractivity contribution in [2.45, 2.75) is 26.4 Å². The van der Waals surface area contributed by atoms with Crippen LogP contribution in [0.3, 0.4) is 0 Å². The molecule has 0 aliphatic heterocycles. The Morgan fingerprint density at radius 2 is 1.93 bits per heavy atom. The second kappa shape index (κ2) is 8.64. The molecule has 0 saturated carbocycles. The minimum Gasteiger partial charge on any atom is -0.497 e. The van der Waals surface area contributed by atoms with Crippen LogP contribution in [-0.2, 0) is 4.79 Å². The summed E-state index contributed by atoms with van der Waals surface area (Å²) in [6, 6.07) is 15.2. The standard InChI is InChI=1S/C20H21N3O3S/c1-4-17(26-16-7-5-6-13(2)12-16)18(24)21-20-23-22-19(27-20)14-8-10-15(25-3)11-9-14/h5-12,17H,4H2,1-3H3,(H,21,23,24)/t17-/m1/s1. The van der Waals surface area contributed by atoms with Crippen molar-refractivity contribution in [1.82, 2.24) is 10.2 Å². The predicted octanol–water partition coefficient (Wildman–Crippen LogP) is 4.32. The molecule has 0 bridgehead atoms. The summed E-state index contributed by atoms with van der Waals surface area (Å²) >= 11 is 1.31. The summed E-state index contributed by atoms with van der Waals surface area (Å²) in [5.74, 6) is 1.21. The Hall–Kier alpha value is -2.93. The number of aryl methyl sites for hydroxylation is 1. The molecule has 0 fully saturated rings. The van der Waals surface area contributed by atoms with Crippen molar-refractivity contribution in [3.05, 3.63) is 54.1 Å². The topological polar surface area (TPSA) is 73.3 Å². The van der Waals surface area contributed by atoms with Crippen LogP contribution in [-0.4, -0.2) is 29.3 Å². The molecule has 0 aliphatic rings. The summed E-state index contributed by atoms with van der Waals surface area (Å²) < 4.78 is 11.0. The number of anilines is 1. The van der Waals surface area contributed by atoms with E-state index in [4.69, 9.17) is 9.47 Å². The normalized spacial score (nSPS) is 11.7. The van der Waals surface area contributed by atoms with Crippen molar-refractivity contribution in [3.63, 3.8) is 0 Å². The number of ether oxygens (including phenoxy) is 2. The van der Waals surface area contributed by atoms with Crippen molar-refractivity contribution < 1.29 is 14.3 Å². The minimum atomic E-state index is -0.597. The zero-order chi connectivity index (χ0) is 19.2. The largest absolute Gasteiger partial charge is 0.497 e. The molecule has 27 heavy (non-hydrogen) atoms. The number of rotatable bonds is 7. The van der Waals surface area contributed by atoms with Gasteiger partial charge in [0.25, 0.3) is 5.91 Å². The Morgan fingerprint density at radius 1 is 1.15 bits per heavy atom. The van der Waals surface area contributed by atoms with E-state index in [-0.39, 0.29) is 5.91 Å². The van der Waals surface area contributed by atoms with Gasteiger partial charge in [0, 0.05) is 5.56 Å².